The lowest BCUT2D eigenvalue weighted by molar-refractivity contribution is 0.308. The zero-order chi connectivity index (χ0) is 14.3. The molecule has 0 aliphatic rings. The lowest BCUT2D eigenvalue weighted by Crippen LogP contribution is -2.13. The topological polar surface area (TPSA) is 0 Å². The first kappa shape index (κ1) is 18.2. The summed E-state index contributed by atoms with van der Waals surface area (Å²) in [5.41, 5.74) is 0. The summed E-state index contributed by atoms with van der Waals surface area (Å²) in [4.78, 5) is 0. The van der Waals surface area contributed by atoms with Crippen LogP contribution in [0.15, 0.2) is 38.0 Å². The van der Waals surface area contributed by atoms with Gasteiger partial charge in [-0.3, -0.25) is 0 Å². The van der Waals surface area contributed by atoms with E-state index < -0.39 is 0 Å². The summed E-state index contributed by atoms with van der Waals surface area (Å²) in [6, 6.07) is 0. The summed E-state index contributed by atoms with van der Waals surface area (Å²) >= 11 is 0. The molecular weight excluding hydrogens is 228 g/mol. The van der Waals surface area contributed by atoms with Crippen LogP contribution in [0.5, 0.6) is 0 Å². The highest BCUT2D eigenvalue weighted by atomic mass is 14.2. The fourth-order valence-corrected chi connectivity index (χ4v) is 2.86. The number of rotatable bonds is 14. The van der Waals surface area contributed by atoms with Crippen LogP contribution in [0.25, 0.3) is 0 Å². The van der Waals surface area contributed by atoms with E-state index in [0.29, 0.717) is 5.92 Å². The van der Waals surface area contributed by atoms with Crippen molar-refractivity contribution in [1.82, 2.24) is 0 Å². The Morgan fingerprint density at radius 3 is 1.68 bits per heavy atom. The van der Waals surface area contributed by atoms with E-state index in [1.54, 1.807) is 0 Å². The van der Waals surface area contributed by atoms with Crippen LogP contribution >= 0.6 is 0 Å². The molecular formula is C19H34. The lowest BCUT2D eigenvalue weighted by atomic mass is 9.81. The van der Waals surface area contributed by atoms with Gasteiger partial charge in [-0.15, -0.1) is 19.7 Å². The van der Waals surface area contributed by atoms with Gasteiger partial charge in [-0.05, 0) is 37.5 Å². The van der Waals surface area contributed by atoms with E-state index in [1.165, 1.54) is 44.9 Å². The minimum Gasteiger partial charge on any atom is -0.103 e. The van der Waals surface area contributed by atoms with Gasteiger partial charge in [-0.2, -0.15) is 0 Å². The predicted octanol–water partition coefficient (Wildman–Crippen LogP) is 6.70. The first-order valence-corrected chi connectivity index (χ1v) is 8.12. The molecule has 0 heterocycles. The van der Waals surface area contributed by atoms with Gasteiger partial charge in [0, 0.05) is 0 Å². The molecule has 0 saturated carbocycles. The van der Waals surface area contributed by atoms with Crippen molar-refractivity contribution in [2.24, 2.45) is 11.8 Å². The Morgan fingerprint density at radius 1 is 0.684 bits per heavy atom. The molecule has 0 spiro atoms. The summed E-state index contributed by atoms with van der Waals surface area (Å²) in [7, 11) is 0. The average Bonchev–Trinajstić information content (AvgIpc) is 2.41. The Labute approximate surface area is 121 Å². The maximum Gasteiger partial charge on any atom is -0.0314 e. The molecule has 1 atom stereocenters. The molecule has 0 aliphatic carbocycles. The van der Waals surface area contributed by atoms with Crippen LogP contribution in [0.4, 0.5) is 0 Å². The summed E-state index contributed by atoms with van der Waals surface area (Å²) in [6.07, 6.45) is 19.2. The minimum atomic E-state index is 0.712. The third-order valence-electron chi connectivity index (χ3n) is 4.00. The summed E-state index contributed by atoms with van der Waals surface area (Å²) in [6.45, 7) is 14.0. The molecule has 0 aromatic heterocycles. The Morgan fingerprint density at radius 2 is 1.16 bits per heavy atom. The zero-order valence-electron chi connectivity index (χ0n) is 13.1. The van der Waals surface area contributed by atoms with E-state index in [9.17, 15) is 0 Å². The largest absolute Gasteiger partial charge is 0.103 e. The summed E-state index contributed by atoms with van der Waals surface area (Å²) < 4.78 is 0. The van der Waals surface area contributed by atoms with E-state index in [4.69, 9.17) is 0 Å². The van der Waals surface area contributed by atoms with Crippen LogP contribution in [0.1, 0.15) is 71.1 Å². The summed E-state index contributed by atoms with van der Waals surface area (Å²) in [5.74, 6) is 1.48. The molecule has 0 bridgehead atoms. The van der Waals surface area contributed by atoms with Gasteiger partial charge >= 0.3 is 0 Å². The van der Waals surface area contributed by atoms with Gasteiger partial charge in [0.15, 0.2) is 0 Å². The fraction of sp³-hybridized carbons (Fsp3) is 0.684. The number of unbranched alkanes of at least 4 members (excludes halogenated alkanes) is 5. The smallest absolute Gasteiger partial charge is 0.0314 e. The fourth-order valence-electron chi connectivity index (χ4n) is 2.86. The van der Waals surface area contributed by atoms with Crippen molar-refractivity contribution in [1.29, 1.82) is 0 Å². The van der Waals surface area contributed by atoms with E-state index >= 15 is 0 Å². The van der Waals surface area contributed by atoms with Crippen LogP contribution in [-0.4, -0.2) is 0 Å². The van der Waals surface area contributed by atoms with Crippen LogP contribution in [0.3, 0.4) is 0 Å². The lowest BCUT2D eigenvalue weighted by Gasteiger charge is -2.24. The maximum absolute atomic E-state index is 3.92. The Kier molecular flexibility index (Phi) is 13.1. The molecule has 0 N–H and O–H groups in total. The molecule has 0 aromatic rings. The van der Waals surface area contributed by atoms with Crippen molar-refractivity contribution in [2.45, 2.75) is 71.1 Å². The van der Waals surface area contributed by atoms with Crippen LogP contribution in [0, 0.1) is 11.8 Å². The van der Waals surface area contributed by atoms with Gasteiger partial charge in [0.05, 0.1) is 0 Å². The normalized spacial score (nSPS) is 12.3. The van der Waals surface area contributed by atoms with Gasteiger partial charge in [-0.1, -0.05) is 63.7 Å². The zero-order valence-corrected chi connectivity index (χ0v) is 13.1. The predicted molar refractivity (Wildman–Crippen MR) is 89.4 cm³/mol. The molecule has 0 heteroatoms. The molecule has 0 aromatic carbocycles. The monoisotopic (exact) mass is 262 g/mol. The highest BCUT2D eigenvalue weighted by Gasteiger charge is 2.17. The Bertz CT molecular complexity index is 216. The average molecular weight is 262 g/mol. The Hall–Kier alpha value is -0.780. The Balaban J connectivity index is 4.02. The van der Waals surface area contributed by atoms with E-state index in [2.05, 4.69) is 44.9 Å². The molecule has 1 unspecified atom stereocenters. The van der Waals surface area contributed by atoms with Crippen LogP contribution < -0.4 is 0 Å². The SMILES string of the molecule is C=CCC(CC=C)C(CC=C)CCCCCCCC. The third kappa shape index (κ3) is 9.76. The van der Waals surface area contributed by atoms with Crippen molar-refractivity contribution in [3.8, 4) is 0 Å². The molecule has 0 amide bonds. The molecule has 0 fully saturated rings. The van der Waals surface area contributed by atoms with Crippen LogP contribution in [0.2, 0.25) is 0 Å². The van der Waals surface area contributed by atoms with E-state index in [1.807, 2.05) is 0 Å². The number of hydrogen-bond donors (Lipinski definition) is 0. The minimum absolute atomic E-state index is 0.712. The summed E-state index contributed by atoms with van der Waals surface area (Å²) in [5, 5.41) is 0. The standard InChI is InChI=1S/C19H34/c1-5-9-10-11-12-13-17-19(16-8-4)18(14-6-2)15-7-3/h6-8,18-19H,2-5,9-17H2,1H3. The van der Waals surface area contributed by atoms with Crippen LogP contribution in [-0.2, 0) is 0 Å². The van der Waals surface area contributed by atoms with Gasteiger partial charge in [0.2, 0.25) is 0 Å². The first-order chi connectivity index (χ1) is 9.29. The molecule has 110 valence electrons. The van der Waals surface area contributed by atoms with Crippen molar-refractivity contribution >= 4 is 0 Å². The molecule has 0 nitrogen and oxygen atoms in total. The highest BCUT2D eigenvalue weighted by molar-refractivity contribution is 4.86. The van der Waals surface area contributed by atoms with E-state index in [0.717, 1.165) is 25.2 Å². The van der Waals surface area contributed by atoms with Crippen molar-refractivity contribution in [2.75, 3.05) is 0 Å². The molecule has 0 saturated heterocycles. The maximum atomic E-state index is 3.92. The van der Waals surface area contributed by atoms with Crippen molar-refractivity contribution in [3.63, 3.8) is 0 Å². The van der Waals surface area contributed by atoms with Gasteiger partial charge in [0.1, 0.15) is 0 Å². The quantitative estimate of drug-likeness (QED) is 0.241. The third-order valence-corrected chi connectivity index (χ3v) is 4.00. The van der Waals surface area contributed by atoms with Crippen molar-refractivity contribution in [3.05, 3.63) is 38.0 Å². The first-order valence-electron chi connectivity index (χ1n) is 8.12. The van der Waals surface area contributed by atoms with Crippen molar-refractivity contribution < 1.29 is 0 Å². The molecule has 0 aliphatic heterocycles. The van der Waals surface area contributed by atoms with Gasteiger partial charge in [-0.25, -0.2) is 0 Å². The molecule has 19 heavy (non-hydrogen) atoms. The second-order valence-corrected chi connectivity index (χ2v) is 5.65. The van der Waals surface area contributed by atoms with Gasteiger partial charge < -0.3 is 0 Å². The highest BCUT2D eigenvalue weighted by Crippen LogP contribution is 2.29. The number of allylic oxidation sites excluding steroid dienone is 3. The number of hydrogen-bond acceptors (Lipinski definition) is 0. The second-order valence-electron chi connectivity index (χ2n) is 5.65. The molecule has 0 rings (SSSR count). The second kappa shape index (κ2) is 13.6. The van der Waals surface area contributed by atoms with E-state index in [-0.39, 0.29) is 0 Å². The van der Waals surface area contributed by atoms with Gasteiger partial charge in [0.25, 0.3) is 0 Å². The molecule has 0 radical (unpaired) electrons.